The lowest BCUT2D eigenvalue weighted by atomic mass is 10.1. The van der Waals surface area contributed by atoms with Gasteiger partial charge in [-0.25, -0.2) is 4.98 Å². The second kappa shape index (κ2) is 5.53. The Kier molecular flexibility index (Phi) is 3.54. The Morgan fingerprint density at radius 3 is 2.48 bits per heavy atom. The SMILES string of the molecule is Cc1ccc2c(n1)oc1c(-c3cc(C)c([Si](C)(C)C)cn3)cccc12. The fourth-order valence-electron chi connectivity index (χ4n) is 3.46. The van der Waals surface area contributed by atoms with Gasteiger partial charge in [0.2, 0.25) is 5.71 Å². The molecule has 0 bridgehead atoms. The average Bonchev–Trinajstić information content (AvgIpc) is 2.90. The molecule has 126 valence electrons. The maximum atomic E-state index is 6.11. The molecule has 0 aliphatic heterocycles. The van der Waals surface area contributed by atoms with Crippen LogP contribution < -0.4 is 5.19 Å². The molecule has 0 aliphatic carbocycles. The van der Waals surface area contributed by atoms with Crippen molar-refractivity contribution >= 4 is 35.3 Å². The number of para-hydroxylation sites is 1. The van der Waals surface area contributed by atoms with E-state index in [1.165, 1.54) is 10.8 Å². The summed E-state index contributed by atoms with van der Waals surface area (Å²) in [5, 5.41) is 3.55. The molecule has 0 N–H and O–H groups in total. The zero-order valence-corrected chi connectivity index (χ0v) is 16.3. The van der Waals surface area contributed by atoms with Crippen LogP contribution in [0.15, 0.2) is 47.0 Å². The molecule has 0 saturated heterocycles. The highest BCUT2D eigenvalue weighted by atomic mass is 28.3. The summed E-state index contributed by atoms with van der Waals surface area (Å²) >= 11 is 0. The van der Waals surface area contributed by atoms with Crippen LogP contribution in [0, 0.1) is 13.8 Å². The van der Waals surface area contributed by atoms with E-state index >= 15 is 0 Å². The molecular weight excluding hydrogens is 324 g/mol. The number of fused-ring (bicyclic) bond motifs is 3. The fraction of sp³-hybridized carbons (Fsp3) is 0.238. The van der Waals surface area contributed by atoms with E-state index in [4.69, 9.17) is 9.40 Å². The second-order valence-corrected chi connectivity index (χ2v) is 12.8. The zero-order chi connectivity index (χ0) is 17.8. The van der Waals surface area contributed by atoms with Crippen LogP contribution >= 0.6 is 0 Å². The van der Waals surface area contributed by atoms with Gasteiger partial charge in [-0.15, -0.1) is 0 Å². The lowest BCUT2D eigenvalue weighted by Gasteiger charge is -2.19. The molecule has 0 radical (unpaired) electrons. The second-order valence-electron chi connectivity index (χ2n) is 7.72. The van der Waals surface area contributed by atoms with Crippen LogP contribution in [-0.2, 0) is 0 Å². The van der Waals surface area contributed by atoms with Crippen molar-refractivity contribution in [3.05, 3.63) is 53.9 Å². The molecular formula is C21H22N2OSi. The summed E-state index contributed by atoms with van der Waals surface area (Å²) in [7, 11) is -1.38. The van der Waals surface area contributed by atoms with Crippen molar-refractivity contribution < 1.29 is 4.42 Å². The van der Waals surface area contributed by atoms with E-state index in [9.17, 15) is 0 Å². The van der Waals surface area contributed by atoms with Crippen LogP contribution in [0.3, 0.4) is 0 Å². The largest absolute Gasteiger partial charge is 0.437 e. The normalized spacial score (nSPS) is 12.2. The molecule has 0 fully saturated rings. The highest BCUT2D eigenvalue weighted by Crippen LogP contribution is 2.34. The molecule has 3 aromatic heterocycles. The number of hydrogen-bond acceptors (Lipinski definition) is 3. The minimum Gasteiger partial charge on any atom is -0.437 e. The van der Waals surface area contributed by atoms with Crippen molar-refractivity contribution in [3.63, 3.8) is 0 Å². The van der Waals surface area contributed by atoms with Gasteiger partial charge in [0.1, 0.15) is 5.58 Å². The first-order valence-electron chi connectivity index (χ1n) is 8.61. The minimum absolute atomic E-state index is 0.692. The first-order chi connectivity index (χ1) is 11.8. The van der Waals surface area contributed by atoms with Crippen LogP contribution in [0.5, 0.6) is 0 Å². The Balaban J connectivity index is 1.95. The number of aromatic nitrogens is 2. The summed E-state index contributed by atoms with van der Waals surface area (Å²) in [6, 6.07) is 12.5. The molecule has 0 aliphatic rings. The topological polar surface area (TPSA) is 38.9 Å². The third kappa shape index (κ3) is 2.67. The molecule has 4 rings (SSSR count). The average molecular weight is 347 g/mol. The van der Waals surface area contributed by atoms with Gasteiger partial charge in [-0.3, -0.25) is 4.98 Å². The van der Waals surface area contributed by atoms with Crippen molar-refractivity contribution in [1.82, 2.24) is 9.97 Å². The number of rotatable bonds is 2. The van der Waals surface area contributed by atoms with E-state index in [2.05, 4.69) is 68.1 Å². The lowest BCUT2D eigenvalue weighted by Crippen LogP contribution is -2.39. The molecule has 0 amide bonds. The number of furan rings is 1. The molecule has 4 heteroatoms. The van der Waals surface area contributed by atoms with Crippen molar-refractivity contribution in [2.24, 2.45) is 0 Å². The molecule has 3 nitrogen and oxygen atoms in total. The quantitative estimate of drug-likeness (QED) is 0.468. The molecule has 25 heavy (non-hydrogen) atoms. The molecule has 0 unspecified atom stereocenters. The van der Waals surface area contributed by atoms with Gasteiger partial charge >= 0.3 is 0 Å². The van der Waals surface area contributed by atoms with Crippen LogP contribution in [0.4, 0.5) is 0 Å². The monoisotopic (exact) mass is 346 g/mol. The van der Waals surface area contributed by atoms with E-state index < -0.39 is 8.07 Å². The number of pyridine rings is 2. The molecule has 3 heterocycles. The predicted molar refractivity (Wildman–Crippen MR) is 107 cm³/mol. The summed E-state index contributed by atoms with van der Waals surface area (Å²) in [6.07, 6.45) is 2.06. The Morgan fingerprint density at radius 1 is 0.960 bits per heavy atom. The van der Waals surface area contributed by atoms with Crippen LogP contribution in [0.1, 0.15) is 11.3 Å². The van der Waals surface area contributed by atoms with E-state index in [1.807, 2.05) is 13.0 Å². The Hall–Kier alpha value is -2.46. The number of benzene rings is 1. The first-order valence-corrected chi connectivity index (χ1v) is 12.1. The minimum atomic E-state index is -1.38. The number of nitrogens with zero attached hydrogens (tertiary/aromatic N) is 2. The third-order valence-electron chi connectivity index (χ3n) is 4.70. The van der Waals surface area contributed by atoms with Gasteiger partial charge in [-0.05, 0) is 48.9 Å². The summed E-state index contributed by atoms with van der Waals surface area (Å²) in [4.78, 5) is 9.30. The van der Waals surface area contributed by atoms with Crippen molar-refractivity contribution in [2.45, 2.75) is 33.5 Å². The van der Waals surface area contributed by atoms with E-state index in [-0.39, 0.29) is 0 Å². The molecule has 0 saturated carbocycles. The van der Waals surface area contributed by atoms with E-state index in [1.54, 1.807) is 0 Å². The van der Waals surface area contributed by atoms with Gasteiger partial charge in [0.05, 0.1) is 13.8 Å². The molecule has 0 atom stereocenters. The summed E-state index contributed by atoms with van der Waals surface area (Å²) < 4.78 is 6.11. The van der Waals surface area contributed by atoms with Gasteiger partial charge in [0.15, 0.2) is 0 Å². The predicted octanol–water partition coefficient (Wildman–Crippen LogP) is 5.21. The smallest absolute Gasteiger partial charge is 0.227 e. The maximum absolute atomic E-state index is 6.11. The zero-order valence-electron chi connectivity index (χ0n) is 15.3. The summed E-state index contributed by atoms with van der Waals surface area (Å²) in [5.41, 5.74) is 5.81. The van der Waals surface area contributed by atoms with Crippen molar-refractivity contribution in [2.75, 3.05) is 0 Å². The Bertz CT molecular complexity index is 1110. The first kappa shape index (κ1) is 16.0. The summed E-state index contributed by atoms with van der Waals surface area (Å²) in [6.45, 7) is 11.2. The van der Waals surface area contributed by atoms with Crippen molar-refractivity contribution in [1.29, 1.82) is 0 Å². The fourth-order valence-corrected chi connectivity index (χ4v) is 5.17. The van der Waals surface area contributed by atoms with E-state index in [0.29, 0.717) is 5.71 Å². The standard InChI is InChI=1S/C21H22N2OSi/c1-13-11-18(22-12-19(13)25(3,4)5)17-8-6-7-15-16-10-9-14(2)23-21(16)24-20(15)17/h6-12H,1-5H3. The highest BCUT2D eigenvalue weighted by molar-refractivity contribution is 6.89. The number of aryl methyl sites for hydroxylation is 2. The van der Waals surface area contributed by atoms with Gasteiger partial charge in [0.25, 0.3) is 0 Å². The number of hydrogen-bond donors (Lipinski definition) is 0. The highest BCUT2D eigenvalue weighted by Gasteiger charge is 2.20. The Morgan fingerprint density at radius 2 is 1.76 bits per heavy atom. The third-order valence-corrected chi connectivity index (χ3v) is 6.84. The van der Waals surface area contributed by atoms with Gasteiger partial charge in [-0.2, -0.15) is 0 Å². The molecule has 1 aromatic carbocycles. The van der Waals surface area contributed by atoms with Crippen molar-refractivity contribution in [3.8, 4) is 11.3 Å². The van der Waals surface area contributed by atoms with E-state index in [0.717, 1.165) is 33.3 Å². The summed E-state index contributed by atoms with van der Waals surface area (Å²) in [5.74, 6) is 0. The molecule has 4 aromatic rings. The maximum Gasteiger partial charge on any atom is 0.227 e. The van der Waals surface area contributed by atoms with Crippen LogP contribution in [0.2, 0.25) is 19.6 Å². The Labute approximate surface area is 148 Å². The van der Waals surface area contributed by atoms with Crippen LogP contribution in [0.25, 0.3) is 33.3 Å². The molecule has 0 spiro atoms. The van der Waals surface area contributed by atoms with Gasteiger partial charge in [-0.1, -0.05) is 31.8 Å². The van der Waals surface area contributed by atoms with Crippen LogP contribution in [-0.4, -0.2) is 18.0 Å². The lowest BCUT2D eigenvalue weighted by molar-refractivity contribution is 0.653. The van der Waals surface area contributed by atoms with Gasteiger partial charge in [0, 0.05) is 28.2 Å². The van der Waals surface area contributed by atoms with Gasteiger partial charge < -0.3 is 4.42 Å².